The lowest BCUT2D eigenvalue weighted by molar-refractivity contribution is 0.0958. The molecule has 162 valence electrons. The fourth-order valence-electron chi connectivity index (χ4n) is 3.87. The van der Waals surface area contributed by atoms with E-state index in [0.717, 1.165) is 24.0 Å². The summed E-state index contributed by atoms with van der Waals surface area (Å²) in [5.74, 6) is 0.646. The van der Waals surface area contributed by atoms with E-state index in [1.807, 2.05) is 6.07 Å². The predicted octanol–water partition coefficient (Wildman–Crippen LogP) is 4.30. The van der Waals surface area contributed by atoms with Gasteiger partial charge in [0.15, 0.2) is 5.76 Å². The lowest BCUT2D eigenvalue weighted by Crippen LogP contribution is -2.35. The van der Waals surface area contributed by atoms with E-state index in [1.54, 1.807) is 62.3 Å². The molecule has 1 N–H and O–H groups in total. The molecular weight excluding hydrogens is 416 g/mol. The number of carbonyl (C=O) groups is 1. The zero-order valence-corrected chi connectivity index (χ0v) is 18.5. The van der Waals surface area contributed by atoms with E-state index in [2.05, 4.69) is 4.72 Å². The number of hydrogen-bond donors (Lipinski definition) is 1. The number of amides is 1. The second-order valence-electron chi connectivity index (χ2n) is 7.57. The molecule has 7 nitrogen and oxygen atoms in total. The van der Waals surface area contributed by atoms with E-state index >= 15 is 0 Å². The molecule has 0 fully saturated rings. The van der Waals surface area contributed by atoms with E-state index in [1.165, 1.54) is 6.26 Å². The Morgan fingerprint density at radius 3 is 2.65 bits per heavy atom. The first-order valence-corrected chi connectivity index (χ1v) is 11.4. The van der Waals surface area contributed by atoms with Crippen molar-refractivity contribution in [3.05, 3.63) is 71.2 Å². The summed E-state index contributed by atoms with van der Waals surface area (Å²) in [5.41, 5.74) is 3.39. The van der Waals surface area contributed by atoms with Crippen LogP contribution in [0, 0.1) is 13.8 Å². The quantitative estimate of drug-likeness (QED) is 0.639. The predicted molar refractivity (Wildman–Crippen MR) is 118 cm³/mol. The fraction of sp³-hybridized carbons (Fsp3) is 0.261. The first-order valence-electron chi connectivity index (χ1n) is 9.96. The summed E-state index contributed by atoms with van der Waals surface area (Å²) in [6.45, 7) is 4.07. The van der Waals surface area contributed by atoms with Gasteiger partial charge in [0.1, 0.15) is 5.75 Å². The third-order valence-electron chi connectivity index (χ3n) is 5.42. The minimum atomic E-state index is -3.83. The third-order valence-corrected chi connectivity index (χ3v) is 6.94. The van der Waals surface area contributed by atoms with Crippen LogP contribution in [0.1, 0.15) is 33.7 Å². The molecule has 0 saturated carbocycles. The lowest BCUT2D eigenvalue weighted by atomic mass is 10.0. The van der Waals surface area contributed by atoms with Gasteiger partial charge in [-0.2, -0.15) is 0 Å². The monoisotopic (exact) mass is 440 g/mol. The van der Waals surface area contributed by atoms with Gasteiger partial charge in [0.25, 0.3) is 15.9 Å². The summed E-state index contributed by atoms with van der Waals surface area (Å²) in [7, 11) is -2.27. The standard InChI is InChI=1S/C23H24N2O5S/c1-15-13-22(16(2)12-21(15)29-3)31(27,28)24-18-9-8-17-6-4-10-25(19(17)14-18)23(26)20-7-5-11-30-20/h5,7-9,11-14,24H,4,6,10H2,1-3H3. The van der Waals surface area contributed by atoms with Crippen molar-refractivity contribution in [3.8, 4) is 5.75 Å². The van der Waals surface area contributed by atoms with Gasteiger partial charge in [0.05, 0.1) is 24.0 Å². The number of fused-ring (bicyclic) bond motifs is 1. The first kappa shape index (κ1) is 21.0. The smallest absolute Gasteiger partial charge is 0.293 e. The molecule has 1 amide bonds. The fourth-order valence-corrected chi connectivity index (χ4v) is 5.23. The molecule has 0 radical (unpaired) electrons. The summed E-state index contributed by atoms with van der Waals surface area (Å²) in [5, 5.41) is 0. The van der Waals surface area contributed by atoms with Crippen molar-refractivity contribution >= 4 is 27.3 Å². The molecule has 4 rings (SSSR count). The van der Waals surface area contributed by atoms with E-state index in [9.17, 15) is 13.2 Å². The molecule has 0 atom stereocenters. The van der Waals surface area contributed by atoms with E-state index < -0.39 is 10.0 Å². The highest BCUT2D eigenvalue weighted by Crippen LogP contribution is 2.33. The molecule has 3 aromatic rings. The molecule has 0 unspecified atom stereocenters. The highest BCUT2D eigenvalue weighted by atomic mass is 32.2. The van der Waals surface area contributed by atoms with Crippen LogP contribution in [-0.4, -0.2) is 28.0 Å². The highest BCUT2D eigenvalue weighted by Gasteiger charge is 2.26. The van der Waals surface area contributed by atoms with Crippen LogP contribution in [0.3, 0.4) is 0 Å². The van der Waals surface area contributed by atoms with Gasteiger partial charge < -0.3 is 14.1 Å². The maximum absolute atomic E-state index is 13.1. The Bertz CT molecular complexity index is 1230. The zero-order valence-electron chi connectivity index (χ0n) is 17.6. The Morgan fingerprint density at radius 2 is 1.94 bits per heavy atom. The number of methoxy groups -OCH3 is 1. The van der Waals surface area contributed by atoms with Gasteiger partial charge in [-0.1, -0.05) is 6.07 Å². The van der Waals surface area contributed by atoms with Crippen molar-refractivity contribution in [1.29, 1.82) is 0 Å². The van der Waals surface area contributed by atoms with Crippen LogP contribution >= 0.6 is 0 Å². The number of anilines is 2. The van der Waals surface area contributed by atoms with Crippen LogP contribution in [0.15, 0.2) is 58.0 Å². The first-order chi connectivity index (χ1) is 14.8. The second kappa shape index (κ2) is 8.11. The summed E-state index contributed by atoms with van der Waals surface area (Å²) in [6, 6.07) is 11.9. The topological polar surface area (TPSA) is 88.9 Å². The number of nitrogens with zero attached hydrogens (tertiary/aromatic N) is 1. The molecule has 0 aliphatic carbocycles. The van der Waals surface area contributed by atoms with Gasteiger partial charge in [-0.15, -0.1) is 0 Å². The van der Waals surface area contributed by atoms with Crippen LogP contribution in [0.5, 0.6) is 5.75 Å². The SMILES string of the molecule is COc1cc(C)c(S(=O)(=O)Nc2ccc3c(c2)N(C(=O)c2ccco2)CCC3)cc1C. The molecule has 8 heteroatoms. The van der Waals surface area contributed by atoms with Crippen molar-refractivity contribution in [2.24, 2.45) is 0 Å². The van der Waals surface area contributed by atoms with Gasteiger partial charge in [-0.25, -0.2) is 8.42 Å². The molecule has 0 spiro atoms. The lowest BCUT2D eigenvalue weighted by Gasteiger charge is -2.29. The number of sulfonamides is 1. The number of benzene rings is 2. The Kier molecular flexibility index (Phi) is 5.49. The number of ether oxygens (including phenoxy) is 1. The highest BCUT2D eigenvalue weighted by molar-refractivity contribution is 7.92. The molecule has 1 aliphatic heterocycles. The molecule has 1 aromatic heterocycles. The molecule has 0 saturated heterocycles. The number of rotatable bonds is 5. The van der Waals surface area contributed by atoms with Gasteiger partial charge in [-0.05, 0) is 79.8 Å². The van der Waals surface area contributed by atoms with Gasteiger partial charge >= 0.3 is 0 Å². The maximum Gasteiger partial charge on any atom is 0.293 e. The molecule has 31 heavy (non-hydrogen) atoms. The largest absolute Gasteiger partial charge is 0.496 e. The van der Waals surface area contributed by atoms with Crippen LogP contribution in [-0.2, 0) is 16.4 Å². The van der Waals surface area contributed by atoms with Crippen molar-refractivity contribution in [2.75, 3.05) is 23.3 Å². The zero-order chi connectivity index (χ0) is 22.2. The van der Waals surface area contributed by atoms with Gasteiger partial charge in [0.2, 0.25) is 0 Å². The van der Waals surface area contributed by atoms with E-state index in [-0.39, 0.29) is 16.6 Å². The van der Waals surface area contributed by atoms with E-state index in [0.29, 0.717) is 29.2 Å². The average Bonchev–Trinajstić information content (AvgIpc) is 3.28. The minimum Gasteiger partial charge on any atom is -0.496 e. The van der Waals surface area contributed by atoms with Crippen molar-refractivity contribution < 1.29 is 22.4 Å². The summed E-state index contributed by atoms with van der Waals surface area (Å²) in [6.07, 6.45) is 3.11. The van der Waals surface area contributed by atoms with Gasteiger partial charge in [0, 0.05) is 12.2 Å². The normalized spacial score (nSPS) is 13.6. The number of furan rings is 1. The van der Waals surface area contributed by atoms with E-state index in [4.69, 9.17) is 9.15 Å². The Hall–Kier alpha value is -3.26. The van der Waals surface area contributed by atoms with Crippen LogP contribution in [0.25, 0.3) is 0 Å². The van der Waals surface area contributed by atoms with Crippen LogP contribution < -0.4 is 14.4 Å². The summed E-state index contributed by atoms with van der Waals surface area (Å²) in [4.78, 5) is 14.7. The molecule has 2 heterocycles. The number of carbonyl (C=O) groups excluding carboxylic acids is 1. The summed E-state index contributed by atoms with van der Waals surface area (Å²) < 4.78 is 39.4. The van der Waals surface area contributed by atoms with Gasteiger partial charge in [-0.3, -0.25) is 9.52 Å². The Morgan fingerprint density at radius 1 is 1.13 bits per heavy atom. The summed E-state index contributed by atoms with van der Waals surface area (Å²) >= 11 is 0. The van der Waals surface area contributed by atoms with Crippen molar-refractivity contribution in [1.82, 2.24) is 0 Å². The second-order valence-corrected chi connectivity index (χ2v) is 9.22. The Balaban J connectivity index is 1.67. The molecule has 0 bridgehead atoms. The van der Waals surface area contributed by atoms with Crippen molar-refractivity contribution in [2.45, 2.75) is 31.6 Å². The van der Waals surface area contributed by atoms with Crippen LogP contribution in [0.4, 0.5) is 11.4 Å². The number of hydrogen-bond acceptors (Lipinski definition) is 5. The molecule has 2 aromatic carbocycles. The Labute approximate surface area is 181 Å². The maximum atomic E-state index is 13.1. The number of aryl methyl sites for hydroxylation is 3. The van der Waals surface area contributed by atoms with Crippen LogP contribution in [0.2, 0.25) is 0 Å². The van der Waals surface area contributed by atoms with Crippen molar-refractivity contribution in [3.63, 3.8) is 0 Å². The molecule has 1 aliphatic rings. The third kappa shape index (κ3) is 4.03. The molecular formula is C23H24N2O5S. The minimum absolute atomic E-state index is 0.187. The number of nitrogens with one attached hydrogen (secondary N) is 1. The average molecular weight is 441 g/mol.